The number of benzene rings is 1. The van der Waals surface area contributed by atoms with Gasteiger partial charge >= 0.3 is 0 Å². The molecule has 1 aromatic rings. The zero-order chi connectivity index (χ0) is 14.8. The predicted octanol–water partition coefficient (Wildman–Crippen LogP) is 3.49. The predicted molar refractivity (Wildman–Crippen MR) is 77.7 cm³/mol. The smallest absolute Gasteiger partial charge is 0.163 e. The van der Waals surface area contributed by atoms with Crippen LogP contribution in [-0.2, 0) is 0 Å². The van der Waals surface area contributed by atoms with Gasteiger partial charge in [0.05, 0.1) is 0 Å². The number of likely N-dealkylation sites (tertiary alicyclic amines) is 1. The Morgan fingerprint density at radius 1 is 1.35 bits per heavy atom. The molecule has 0 saturated carbocycles. The summed E-state index contributed by atoms with van der Waals surface area (Å²) in [7, 11) is 0. The van der Waals surface area contributed by atoms with Crippen molar-refractivity contribution in [2.75, 3.05) is 19.6 Å². The Bertz CT molecular complexity index is 460. The van der Waals surface area contributed by atoms with Crippen molar-refractivity contribution in [3.63, 3.8) is 0 Å². The lowest BCUT2D eigenvalue weighted by Crippen LogP contribution is -2.43. The topological polar surface area (TPSA) is 15.3 Å². The minimum atomic E-state index is -0.772. The molecule has 2 rings (SSSR count). The van der Waals surface area contributed by atoms with Crippen LogP contribution in [0.4, 0.5) is 8.78 Å². The number of hydrogen-bond acceptors (Lipinski definition) is 2. The monoisotopic (exact) mass is 282 g/mol. The van der Waals surface area contributed by atoms with Gasteiger partial charge in [-0.2, -0.15) is 0 Å². The highest BCUT2D eigenvalue weighted by Gasteiger charge is 2.33. The first-order chi connectivity index (χ1) is 9.45. The molecule has 20 heavy (non-hydrogen) atoms. The van der Waals surface area contributed by atoms with E-state index in [1.165, 1.54) is 6.07 Å². The lowest BCUT2D eigenvalue weighted by molar-refractivity contribution is 0.156. The van der Waals surface area contributed by atoms with E-state index in [1.54, 1.807) is 12.1 Å². The zero-order valence-corrected chi connectivity index (χ0v) is 12.5. The molecule has 1 aliphatic rings. The van der Waals surface area contributed by atoms with Gasteiger partial charge in [-0.3, -0.25) is 4.90 Å². The van der Waals surface area contributed by atoms with Gasteiger partial charge < -0.3 is 5.32 Å². The molecule has 1 heterocycles. The molecule has 0 amide bonds. The minimum absolute atomic E-state index is 0.136. The highest BCUT2D eigenvalue weighted by molar-refractivity contribution is 5.23. The SMILES string of the molecule is CCNC(CN1CCCC1(C)C)c1cccc(F)c1F. The Balaban J connectivity index is 2.21. The summed E-state index contributed by atoms with van der Waals surface area (Å²) >= 11 is 0. The average Bonchev–Trinajstić information content (AvgIpc) is 2.72. The van der Waals surface area contributed by atoms with Gasteiger partial charge in [-0.15, -0.1) is 0 Å². The van der Waals surface area contributed by atoms with E-state index in [-0.39, 0.29) is 11.6 Å². The fourth-order valence-corrected chi connectivity index (χ4v) is 3.03. The van der Waals surface area contributed by atoms with E-state index >= 15 is 0 Å². The number of hydrogen-bond donors (Lipinski definition) is 1. The van der Waals surface area contributed by atoms with Gasteiger partial charge in [0.25, 0.3) is 0 Å². The van der Waals surface area contributed by atoms with Crippen molar-refractivity contribution in [2.45, 2.75) is 45.2 Å². The lowest BCUT2D eigenvalue weighted by Gasteiger charge is -2.35. The van der Waals surface area contributed by atoms with E-state index in [9.17, 15) is 8.78 Å². The summed E-state index contributed by atoms with van der Waals surface area (Å²) in [6.45, 7) is 8.87. The Labute approximate surface area is 120 Å². The van der Waals surface area contributed by atoms with Gasteiger partial charge in [0.1, 0.15) is 0 Å². The maximum atomic E-state index is 14.0. The fraction of sp³-hybridized carbons (Fsp3) is 0.625. The minimum Gasteiger partial charge on any atom is -0.309 e. The Hall–Kier alpha value is -1.00. The van der Waals surface area contributed by atoms with Gasteiger partial charge in [0, 0.05) is 23.7 Å². The average molecular weight is 282 g/mol. The molecule has 0 radical (unpaired) electrons. The Morgan fingerprint density at radius 3 is 2.70 bits per heavy atom. The molecule has 1 unspecified atom stereocenters. The van der Waals surface area contributed by atoms with Crippen LogP contribution in [0.25, 0.3) is 0 Å². The van der Waals surface area contributed by atoms with Gasteiger partial charge in [-0.05, 0) is 45.8 Å². The van der Waals surface area contributed by atoms with Crippen molar-refractivity contribution in [1.29, 1.82) is 0 Å². The van der Waals surface area contributed by atoms with Crippen LogP contribution in [0.2, 0.25) is 0 Å². The molecule has 1 aliphatic heterocycles. The van der Waals surface area contributed by atoms with Crippen molar-refractivity contribution < 1.29 is 8.78 Å². The van der Waals surface area contributed by atoms with E-state index in [1.807, 2.05) is 6.92 Å². The Morgan fingerprint density at radius 2 is 2.10 bits per heavy atom. The van der Waals surface area contributed by atoms with Crippen molar-refractivity contribution in [1.82, 2.24) is 10.2 Å². The molecular weight excluding hydrogens is 258 g/mol. The summed E-state index contributed by atoms with van der Waals surface area (Å²) in [5.41, 5.74) is 0.562. The second kappa shape index (κ2) is 6.19. The lowest BCUT2D eigenvalue weighted by atomic mass is 9.99. The number of likely N-dealkylation sites (N-methyl/N-ethyl adjacent to an activating group) is 1. The largest absolute Gasteiger partial charge is 0.309 e. The van der Waals surface area contributed by atoms with E-state index in [0.717, 1.165) is 25.9 Å². The molecule has 0 aromatic heterocycles. The summed E-state index contributed by atoms with van der Waals surface area (Å²) in [6, 6.07) is 4.25. The van der Waals surface area contributed by atoms with Crippen LogP contribution in [0.15, 0.2) is 18.2 Å². The highest BCUT2D eigenvalue weighted by Crippen LogP contribution is 2.31. The molecule has 2 nitrogen and oxygen atoms in total. The standard InChI is InChI=1S/C16H24F2N2/c1-4-19-14(11-20-10-6-9-16(20,2)3)12-7-5-8-13(17)15(12)18/h5,7-8,14,19H,4,6,9-11H2,1-3H3. The molecule has 1 aromatic carbocycles. The normalized spacial score (nSPS) is 20.2. The molecule has 1 saturated heterocycles. The number of nitrogens with zero attached hydrogens (tertiary/aromatic N) is 1. The van der Waals surface area contributed by atoms with Crippen molar-refractivity contribution in [2.24, 2.45) is 0 Å². The van der Waals surface area contributed by atoms with Crippen molar-refractivity contribution in [3.8, 4) is 0 Å². The molecule has 0 spiro atoms. The molecule has 1 fully saturated rings. The summed E-state index contributed by atoms with van der Waals surface area (Å²) in [6.07, 6.45) is 2.31. The molecular formula is C16H24F2N2. The third kappa shape index (κ3) is 3.18. The summed E-state index contributed by atoms with van der Waals surface area (Å²) in [4.78, 5) is 2.37. The highest BCUT2D eigenvalue weighted by atomic mass is 19.2. The molecule has 0 bridgehead atoms. The van der Waals surface area contributed by atoms with Gasteiger partial charge in [-0.25, -0.2) is 8.78 Å². The number of nitrogens with one attached hydrogen (secondary N) is 1. The van der Waals surface area contributed by atoms with Gasteiger partial charge in [0.15, 0.2) is 11.6 Å². The number of rotatable bonds is 5. The van der Waals surface area contributed by atoms with Crippen LogP contribution >= 0.6 is 0 Å². The molecule has 4 heteroatoms. The van der Waals surface area contributed by atoms with Crippen LogP contribution in [0, 0.1) is 11.6 Å². The number of halogens is 2. The van der Waals surface area contributed by atoms with E-state index < -0.39 is 11.6 Å². The van der Waals surface area contributed by atoms with E-state index in [0.29, 0.717) is 12.1 Å². The second-order valence-electron chi connectivity index (χ2n) is 6.12. The van der Waals surface area contributed by atoms with Crippen molar-refractivity contribution in [3.05, 3.63) is 35.4 Å². The summed E-state index contributed by atoms with van der Waals surface area (Å²) in [5, 5.41) is 3.28. The first-order valence-corrected chi connectivity index (χ1v) is 7.38. The maximum Gasteiger partial charge on any atom is 0.163 e. The maximum absolute atomic E-state index is 14.0. The van der Waals surface area contributed by atoms with Gasteiger partial charge in [0.2, 0.25) is 0 Å². The van der Waals surface area contributed by atoms with E-state index in [2.05, 4.69) is 24.1 Å². The Kier molecular flexibility index (Phi) is 4.76. The van der Waals surface area contributed by atoms with E-state index in [4.69, 9.17) is 0 Å². The second-order valence-corrected chi connectivity index (χ2v) is 6.12. The van der Waals surface area contributed by atoms with Crippen molar-refractivity contribution >= 4 is 0 Å². The zero-order valence-electron chi connectivity index (χ0n) is 12.5. The van der Waals surface area contributed by atoms with Crippen LogP contribution in [0.3, 0.4) is 0 Å². The summed E-state index contributed by atoms with van der Waals surface area (Å²) in [5.74, 6) is -1.50. The quantitative estimate of drug-likeness (QED) is 0.889. The van der Waals surface area contributed by atoms with Gasteiger partial charge in [-0.1, -0.05) is 19.1 Å². The van der Waals surface area contributed by atoms with Crippen LogP contribution in [0.1, 0.15) is 45.2 Å². The summed E-state index contributed by atoms with van der Waals surface area (Å²) < 4.78 is 27.4. The molecule has 0 aliphatic carbocycles. The molecule has 112 valence electrons. The first-order valence-electron chi connectivity index (χ1n) is 7.38. The third-order valence-electron chi connectivity index (χ3n) is 4.28. The van der Waals surface area contributed by atoms with Crippen LogP contribution in [0.5, 0.6) is 0 Å². The first kappa shape index (κ1) is 15.4. The molecule has 1 N–H and O–H groups in total. The van der Waals surface area contributed by atoms with Crippen LogP contribution < -0.4 is 5.32 Å². The third-order valence-corrected chi connectivity index (χ3v) is 4.28. The van der Waals surface area contributed by atoms with Crippen LogP contribution in [-0.4, -0.2) is 30.1 Å². The molecule has 1 atom stereocenters. The fourth-order valence-electron chi connectivity index (χ4n) is 3.03.